The van der Waals surface area contributed by atoms with Crippen molar-refractivity contribution in [2.24, 2.45) is 5.41 Å². The average Bonchev–Trinajstić information content (AvgIpc) is 3.59. The van der Waals surface area contributed by atoms with Crippen LogP contribution in [0.1, 0.15) is 69.7 Å². The summed E-state index contributed by atoms with van der Waals surface area (Å²) in [5.74, 6) is 1.36. The van der Waals surface area contributed by atoms with E-state index in [-0.39, 0.29) is 17.5 Å². The number of aromatic nitrogens is 7. The van der Waals surface area contributed by atoms with E-state index in [0.29, 0.717) is 21.6 Å². The number of ether oxygens (including phenoxy) is 1. The topological polar surface area (TPSA) is 86.8 Å². The van der Waals surface area contributed by atoms with Gasteiger partial charge in [-0.15, -0.1) is 5.10 Å². The summed E-state index contributed by atoms with van der Waals surface area (Å²) < 4.78 is 10.2. The predicted molar refractivity (Wildman–Crippen MR) is 146 cm³/mol. The Morgan fingerprint density at radius 2 is 1.68 bits per heavy atom. The molecular formula is C27H32Cl2N8O. The van der Waals surface area contributed by atoms with Crippen molar-refractivity contribution in [1.29, 1.82) is 0 Å². The standard InChI is InChI=1S/C27H32Cl2N8O/c1-27(2,3)24(26(36-18-30-17-31-36)38-20-13-11-19(28)12-14-20)37-25(32-33-34-37)23(35-15-7-4-8-16-35)21-9-5-6-10-22(21)29/h5-6,9-14,17-18,23-24,26H,4,7-8,15-16H2,1-3H3/t23-,24+,26-/m1/s1. The number of likely N-dealkylation sites (tertiary alicyclic amines) is 1. The fraction of sp³-hybridized carbons (Fsp3) is 0.444. The SMILES string of the molecule is CC(C)(C)[C@H]([C@@H](Oc1ccc(Cl)cc1)n1cncn1)n1nnnc1[C@@H](c1ccccc1Cl)N1CCCCC1. The maximum Gasteiger partial charge on any atom is 0.215 e. The summed E-state index contributed by atoms with van der Waals surface area (Å²) >= 11 is 12.9. The molecule has 0 spiro atoms. The van der Waals surface area contributed by atoms with Crippen molar-refractivity contribution < 1.29 is 4.74 Å². The van der Waals surface area contributed by atoms with Crippen LogP contribution in [-0.4, -0.2) is 53.0 Å². The van der Waals surface area contributed by atoms with Gasteiger partial charge in [0.25, 0.3) is 0 Å². The van der Waals surface area contributed by atoms with Gasteiger partial charge in [0.2, 0.25) is 6.23 Å². The van der Waals surface area contributed by atoms with E-state index in [1.54, 1.807) is 23.1 Å². The lowest BCUT2D eigenvalue weighted by atomic mass is 9.85. The fourth-order valence-corrected chi connectivity index (χ4v) is 5.50. The summed E-state index contributed by atoms with van der Waals surface area (Å²) in [5.41, 5.74) is 0.635. The number of nitrogens with zero attached hydrogens (tertiary/aromatic N) is 8. The molecule has 0 unspecified atom stereocenters. The molecule has 0 radical (unpaired) electrons. The Balaban J connectivity index is 1.63. The minimum atomic E-state index is -0.603. The third kappa shape index (κ3) is 5.70. The zero-order chi connectivity index (χ0) is 26.7. The largest absolute Gasteiger partial charge is 0.466 e. The predicted octanol–water partition coefficient (Wildman–Crippen LogP) is 6.01. The quantitative estimate of drug-likeness (QED) is 0.263. The van der Waals surface area contributed by atoms with Crippen molar-refractivity contribution in [3.63, 3.8) is 0 Å². The van der Waals surface area contributed by atoms with Crippen LogP contribution < -0.4 is 4.74 Å². The van der Waals surface area contributed by atoms with Gasteiger partial charge in [-0.25, -0.2) is 14.3 Å². The second-order valence-electron chi connectivity index (χ2n) is 10.7. The molecule has 3 heterocycles. The van der Waals surface area contributed by atoms with Crippen LogP contribution in [0.5, 0.6) is 5.75 Å². The molecule has 11 heteroatoms. The third-order valence-electron chi connectivity index (χ3n) is 6.91. The van der Waals surface area contributed by atoms with E-state index < -0.39 is 6.23 Å². The first kappa shape index (κ1) is 26.6. The molecule has 2 aromatic heterocycles. The summed E-state index contributed by atoms with van der Waals surface area (Å²) in [6.07, 6.45) is 6.00. The summed E-state index contributed by atoms with van der Waals surface area (Å²) in [6, 6.07) is 14.6. The molecule has 0 saturated carbocycles. The monoisotopic (exact) mass is 554 g/mol. The summed E-state index contributed by atoms with van der Waals surface area (Å²) in [5, 5.41) is 19.1. The van der Waals surface area contributed by atoms with Crippen LogP contribution >= 0.6 is 23.2 Å². The minimum absolute atomic E-state index is 0.212. The van der Waals surface area contributed by atoms with Gasteiger partial charge in [0.1, 0.15) is 24.4 Å². The van der Waals surface area contributed by atoms with E-state index in [2.05, 4.69) is 57.3 Å². The molecular weight excluding hydrogens is 523 g/mol. The Hall–Kier alpha value is -3.01. The van der Waals surface area contributed by atoms with Gasteiger partial charge in [0.05, 0.1) is 6.04 Å². The van der Waals surface area contributed by atoms with Crippen LogP contribution in [0.25, 0.3) is 0 Å². The average molecular weight is 556 g/mol. The Kier molecular flexibility index (Phi) is 7.97. The number of halogens is 2. The van der Waals surface area contributed by atoms with Crippen LogP contribution in [0.3, 0.4) is 0 Å². The highest BCUT2D eigenvalue weighted by Gasteiger charge is 2.42. The third-order valence-corrected chi connectivity index (χ3v) is 7.50. The molecule has 0 amide bonds. The second kappa shape index (κ2) is 11.4. The molecule has 200 valence electrons. The Morgan fingerprint density at radius 3 is 2.34 bits per heavy atom. The van der Waals surface area contributed by atoms with Gasteiger partial charge in [0.15, 0.2) is 5.82 Å². The van der Waals surface area contributed by atoms with Crippen molar-refractivity contribution in [2.45, 2.75) is 58.3 Å². The summed E-state index contributed by atoms with van der Waals surface area (Å²) in [4.78, 5) is 6.63. The number of piperidine rings is 1. The molecule has 1 saturated heterocycles. The van der Waals surface area contributed by atoms with Crippen molar-refractivity contribution in [3.8, 4) is 5.75 Å². The molecule has 38 heavy (non-hydrogen) atoms. The van der Waals surface area contributed by atoms with Crippen LogP contribution in [0.4, 0.5) is 0 Å². The van der Waals surface area contributed by atoms with Crippen LogP contribution in [0.2, 0.25) is 10.0 Å². The van der Waals surface area contributed by atoms with Gasteiger partial charge < -0.3 is 4.74 Å². The van der Waals surface area contributed by atoms with Gasteiger partial charge in [0, 0.05) is 10.0 Å². The first-order valence-corrected chi connectivity index (χ1v) is 13.6. The molecule has 9 nitrogen and oxygen atoms in total. The zero-order valence-electron chi connectivity index (χ0n) is 21.8. The Bertz CT molecular complexity index is 1310. The van der Waals surface area contributed by atoms with Gasteiger partial charge >= 0.3 is 0 Å². The number of tetrazole rings is 1. The van der Waals surface area contributed by atoms with E-state index in [1.165, 1.54) is 12.7 Å². The molecule has 1 aliphatic rings. The van der Waals surface area contributed by atoms with E-state index in [1.807, 2.05) is 35.0 Å². The highest BCUT2D eigenvalue weighted by atomic mass is 35.5. The molecule has 2 aromatic carbocycles. The van der Waals surface area contributed by atoms with E-state index in [9.17, 15) is 0 Å². The van der Waals surface area contributed by atoms with Crippen LogP contribution in [0.15, 0.2) is 61.2 Å². The summed E-state index contributed by atoms with van der Waals surface area (Å²) in [6.45, 7) is 8.31. The van der Waals surface area contributed by atoms with Crippen molar-refractivity contribution >= 4 is 23.2 Å². The van der Waals surface area contributed by atoms with Crippen molar-refractivity contribution in [2.75, 3.05) is 13.1 Å². The van der Waals surface area contributed by atoms with Crippen LogP contribution in [-0.2, 0) is 0 Å². The number of hydrogen-bond donors (Lipinski definition) is 0. The van der Waals surface area contributed by atoms with Gasteiger partial charge in [-0.05, 0) is 77.7 Å². The van der Waals surface area contributed by atoms with E-state index >= 15 is 0 Å². The molecule has 4 aromatic rings. The first-order chi connectivity index (χ1) is 18.3. The van der Waals surface area contributed by atoms with Gasteiger partial charge in [-0.2, -0.15) is 5.10 Å². The highest BCUT2D eigenvalue weighted by Crippen LogP contribution is 2.43. The summed E-state index contributed by atoms with van der Waals surface area (Å²) in [7, 11) is 0. The van der Waals surface area contributed by atoms with Gasteiger partial charge in [-0.1, -0.05) is 68.6 Å². The highest BCUT2D eigenvalue weighted by molar-refractivity contribution is 6.31. The molecule has 0 N–H and O–H groups in total. The maximum absolute atomic E-state index is 6.78. The molecule has 0 aliphatic carbocycles. The Labute approximate surface area is 232 Å². The maximum atomic E-state index is 6.78. The first-order valence-electron chi connectivity index (χ1n) is 12.9. The lowest BCUT2D eigenvalue weighted by Crippen LogP contribution is -2.41. The molecule has 1 aliphatic heterocycles. The minimum Gasteiger partial charge on any atom is -0.466 e. The molecule has 3 atom stereocenters. The molecule has 5 rings (SSSR count). The van der Waals surface area contributed by atoms with Gasteiger partial charge in [-0.3, -0.25) is 4.90 Å². The number of benzene rings is 2. The van der Waals surface area contributed by atoms with Crippen LogP contribution in [0, 0.1) is 5.41 Å². The number of rotatable bonds is 8. The molecule has 0 bridgehead atoms. The fourth-order valence-electron chi connectivity index (χ4n) is 5.13. The number of hydrogen-bond acceptors (Lipinski definition) is 7. The van der Waals surface area contributed by atoms with E-state index in [4.69, 9.17) is 27.9 Å². The lowest BCUT2D eigenvalue weighted by Gasteiger charge is -2.39. The van der Waals surface area contributed by atoms with E-state index in [0.717, 1.165) is 31.5 Å². The smallest absolute Gasteiger partial charge is 0.215 e. The normalized spacial score (nSPS) is 17.2. The second-order valence-corrected chi connectivity index (χ2v) is 11.5. The van der Waals surface area contributed by atoms with Crippen molar-refractivity contribution in [3.05, 3.63) is 82.6 Å². The lowest BCUT2D eigenvalue weighted by molar-refractivity contribution is -0.00232. The zero-order valence-corrected chi connectivity index (χ0v) is 23.3. The van der Waals surface area contributed by atoms with Crippen molar-refractivity contribution in [1.82, 2.24) is 39.9 Å². The Morgan fingerprint density at radius 1 is 0.947 bits per heavy atom. The molecule has 1 fully saturated rings.